The van der Waals surface area contributed by atoms with Crippen LogP contribution in [0.25, 0.3) is 0 Å². The summed E-state index contributed by atoms with van der Waals surface area (Å²) in [7, 11) is 0. The molecule has 2 aromatic heterocycles. The number of hydrogen-bond donors (Lipinski definition) is 1. The van der Waals surface area contributed by atoms with Crippen LogP contribution in [0.3, 0.4) is 0 Å². The number of rotatable bonds is 5. The van der Waals surface area contributed by atoms with Crippen molar-refractivity contribution in [3.63, 3.8) is 0 Å². The summed E-state index contributed by atoms with van der Waals surface area (Å²) in [6, 6.07) is 0.183. The molecule has 0 aromatic carbocycles. The molecule has 0 aliphatic heterocycles. The molecule has 2 atom stereocenters. The van der Waals surface area contributed by atoms with E-state index in [1.807, 2.05) is 27.7 Å². The maximum Gasteiger partial charge on any atom is 0.243 e. The molecule has 0 amide bonds. The predicted molar refractivity (Wildman–Crippen MR) is 75.2 cm³/mol. The average molecular weight is 280 g/mol. The Morgan fingerprint density at radius 2 is 1.89 bits per heavy atom. The second kappa shape index (κ2) is 5.79. The van der Waals surface area contributed by atoms with Gasteiger partial charge in [0.2, 0.25) is 5.89 Å². The van der Waals surface area contributed by atoms with E-state index >= 15 is 0 Å². The number of thiazole rings is 1. The third kappa shape index (κ3) is 3.39. The van der Waals surface area contributed by atoms with Crippen molar-refractivity contribution < 1.29 is 4.52 Å². The van der Waals surface area contributed by atoms with Gasteiger partial charge in [-0.25, -0.2) is 4.98 Å². The predicted octanol–water partition coefficient (Wildman–Crippen LogP) is 3.37. The number of aryl methyl sites for hydroxylation is 1. The van der Waals surface area contributed by atoms with Crippen LogP contribution in [0.2, 0.25) is 0 Å². The van der Waals surface area contributed by atoms with Crippen molar-refractivity contribution >= 4 is 11.3 Å². The van der Waals surface area contributed by atoms with Gasteiger partial charge in [0.15, 0.2) is 5.82 Å². The van der Waals surface area contributed by atoms with Crippen molar-refractivity contribution in [3.8, 4) is 0 Å². The Hall–Kier alpha value is -1.27. The van der Waals surface area contributed by atoms with E-state index in [-0.39, 0.29) is 18.0 Å². The van der Waals surface area contributed by atoms with Crippen LogP contribution in [0, 0.1) is 6.92 Å². The molecule has 0 fully saturated rings. The van der Waals surface area contributed by atoms with Crippen LogP contribution in [0.5, 0.6) is 0 Å². The van der Waals surface area contributed by atoms with Gasteiger partial charge in [-0.3, -0.25) is 5.32 Å². The molecule has 0 unspecified atom stereocenters. The summed E-state index contributed by atoms with van der Waals surface area (Å²) >= 11 is 1.66. The van der Waals surface area contributed by atoms with Crippen LogP contribution in [0.4, 0.5) is 0 Å². The Morgan fingerprint density at radius 1 is 1.16 bits per heavy atom. The third-order valence-electron chi connectivity index (χ3n) is 2.85. The maximum absolute atomic E-state index is 5.29. The van der Waals surface area contributed by atoms with Crippen LogP contribution in [-0.2, 0) is 0 Å². The number of aromatic nitrogens is 3. The minimum Gasteiger partial charge on any atom is -0.338 e. The van der Waals surface area contributed by atoms with Crippen molar-refractivity contribution in [2.75, 3.05) is 0 Å². The van der Waals surface area contributed by atoms with E-state index in [0.29, 0.717) is 5.89 Å². The smallest absolute Gasteiger partial charge is 0.243 e. The zero-order valence-corrected chi connectivity index (χ0v) is 12.8. The van der Waals surface area contributed by atoms with Crippen molar-refractivity contribution in [1.82, 2.24) is 20.4 Å². The highest BCUT2D eigenvalue weighted by molar-refractivity contribution is 7.09. The fourth-order valence-electron chi connectivity index (χ4n) is 1.75. The third-order valence-corrected chi connectivity index (χ3v) is 4.00. The number of hydrogen-bond acceptors (Lipinski definition) is 6. The van der Waals surface area contributed by atoms with Crippen LogP contribution < -0.4 is 5.32 Å². The summed E-state index contributed by atoms with van der Waals surface area (Å²) in [6.45, 7) is 10.2. The quantitative estimate of drug-likeness (QED) is 0.909. The zero-order chi connectivity index (χ0) is 14.0. The Morgan fingerprint density at radius 3 is 2.42 bits per heavy atom. The average Bonchev–Trinajstić information content (AvgIpc) is 2.96. The lowest BCUT2D eigenvalue weighted by molar-refractivity contribution is 0.324. The molecule has 1 N–H and O–H groups in total. The first-order valence-electron chi connectivity index (χ1n) is 6.49. The highest BCUT2D eigenvalue weighted by Crippen LogP contribution is 2.22. The van der Waals surface area contributed by atoms with Crippen LogP contribution in [0.15, 0.2) is 9.90 Å². The Balaban J connectivity index is 2.01. The SMILES string of the molecule is Cc1csc([C@H](C)N[C@H](C)c2nc(C(C)C)no2)n1. The summed E-state index contributed by atoms with van der Waals surface area (Å²) in [5.74, 6) is 1.66. The van der Waals surface area contributed by atoms with Gasteiger partial charge in [0.05, 0.1) is 12.1 Å². The van der Waals surface area contributed by atoms with E-state index in [1.165, 1.54) is 0 Å². The largest absolute Gasteiger partial charge is 0.338 e. The van der Waals surface area contributed by atoms with E-state index in [4.69, 9.17) is 4.52 Å². The van der Waals surface area contributed by atoms with Gasteiger partial charge in [0.25, 0.3) is 0 Å². The molecule has 0 aliphatic rings. The maximum atomic E-state index is 5.29. The second-order valence-electron chi connectivity index (χ2n) is 5.08. The van der Waals surface area contributed by atoms with Gasteiger partial charge in [0, 0.05) is 17.0 Å². The number of nitrogens with one attached hydrogen (secondary N) is 1. The molecule has 2 aromatic rings. The van der Waals surface area contributed by atoms with Gasteiger partial charge in [-0.15, -0.1) is 11.3 Å². The first-order chi connectivity index (χ1) is 8.97. The number of nitrogens with zero attached hydrogens (tertiary/aromatic N) is 3. The molecule has 19 heavy (non-hydrogen) atoms. The first kappa shape index (κ1) is 14.1. The van der Waals surface area contributed by atoms with E-state index in [2.05, 4.69) is 32.7 Å². The second-order valence-corrected chi connectivity index (χ2v) is 5.97. The van der Waals surface area contributed by atoms with Crippen molar-refractivity contribution in [2.24, 2.45) is 0 Å². The Kier molecular flexibility index (Phi) is 4.31. The molecule has 6 heteroatoms. The summed E-state index contributed by atoms with van der Waals surface area (Å²) < 4.78 is 5.29. The Labute approximate surface area is 117 Å². The molecule has 2 heterocycles. The highest BCUT2D eigenvalue weighted by Gasteiger charge is 2.19. The van der Waals surface area contributed by atoms with E-state index in [9.17, 15) is 0 Å². The lowest BCUT2D eigenvalue weighted by Gasteiger charge is -2.14. The highest BCUT2D eigenvalue weighted by atomic mass is 32.1. The van der Waals surface area contributed by atoms with Crippen molar-refractivity contribution in [2.45, 2.75) is 52.6 Å². The molecule has 5 nitrogen and oxygen atoms in total. The molecular formula is C13H20N4OS. The fraction of sp³-hybridized carbons (Fsp3) is 0.615. The molecule has 0 aliphatic carbocycles. The molecule has 0 radical (unpaired) electrons. The van der Waals surface area contributed by atoms with E-state index in [0.717, 1.165) is 16.5 Å². The lowest BCUT2D eigenvalue weighted by Crippen LogP contribution is -2.22. The Bertz CT molecular complexity index is 534. The monoisotopic (exact) mass is 280 g/mol. The molecule has 2 rings (SSSR count). The van der Waals surface area contributed by atoms with Crippen LogP contribution in [-0.4, -0.2) is 15.1 Å². The van der Waals surface area contributed by atoms with Crippen LogP contribution in [0.1, 0.15) is 68.1 Å². The zero-order valence-electron chi connectivity index (χ0n) is 12.0. The van der Waals surface area contributed by atoms with Gasteiger partial charge >= 0.3 is 0 Å². The normalized spacial score (nSPS) is 14.8. The van der Waals surface area contributed by atoms with Gasteiger partial charge in [-0.2, -0.15) is 4.98 Å². The molecule has 0 bridgehead atoms. The van der Waals surface area contributed by atoms with Gasteiger partial charge in [-0.05, 0) is 20.8 Å². The van der Waals surface area contributed by atoms with Gasteiger partial charge in [-0.1, -0.05) is 19.0 Å². The van der Waals surface area contributed by atoms with E-state index < -0.39 is 0 Å². The minimum atomic E-state index is 0.0132. The first-order valence-corrected chi connectivity index (χ1v) is 7.37. The van der Waals surface area contributed by atoms with Crippen molar-refractivity contribution in [1.29, 1.82) is 0 Å². The lowest BCUT2D eigenvalue weighted by atomic mass is 10.2. The molecule has 0 spiro atoms. The fourth-order valence-corrected chi connectivity index (χ4v) is 2.56. The van der Waals surface area contributed by atoms with E-state index in [1.54, 1.807) is 11.3 Å². The summed E-state index contributed by atoms with van der Waals surface area (Å²) in [5.41, 5.74) is 1.06. The standard InChI is InChI=1S/C13H20N4OS/c1-7(2)11-16-12(18-17-11)9(4)15-10(5)13-14-8(3)6-19-13/h6-7,9-10,15H,1-5H3/t9-,10+/m1/s1. The summed E-state index contributed by atoms with van der Waals surface area (Å²) in [4.78, 5) is 8.88. The topological polar surface area (TPSA) is 63.8 Å². The molecule has 0 saturated heterocycles. The molecule has 104 valence electrons. The summed E-state index contributed by atoms with van der Waals surface area (Å²) in [5, 5.41) is 10.5. The van der Waals surface area contributed by atoms with Gasteiger partial charge < -0.3 is 4.52 Å². The van der Waals surface area contributed by atoms with Crippen molar-refractivity contribution in [3.05, 3.63) is 27.8 Å². The minimum absolute atomic E-state index is 0.0132. The van der Waals surface area contributed by atoms with Crippen LogP contribution >= 0.6 is 11.3 Å². The molecule has 0 saturated carbocycles. The van der Waals surface area contributed by atoms with Gasteiger partial charge in [0.1, 0.15) is 5.01 Å². The molecular weight excluding hydrogens is 260 g/mol. The summed E-state index contributed by atoms with van der Waals surface area (Å²) in [6.07, 6.45) is 0.